The van der Waals surface area contributed by atoms with Crippen molar-refractivity contribution in [3.63, 3.8) is 0 Å². The summed E-state index contributed by atoms with van der Waals surface area (Å²) in [5, 5.41) is 31.2. The number of aliphatic carboxylic acids is 1. The van der Waals surface area contributed by atoms with Crippen LogP contribution in [-0.2, 0) is 20.9 Å². The number of fused-ring (bicyclic) bond motifs is 6. The molecule has 1 aliphatic heterocycles. The predicted octanol–water partition coefficient (Wildman–Crippen LogP) is 1.97. The Kier molecular flexibility index (Phi) is 8.27. The number of carboxylic acid groups (broad SMARTS) is 1. The Hall–Kier alpha value is -6.64. The summed E-state index contributed by atoms with van der Waals surface area (Å²) in [7, 11) is 1.22. The molecule has 0 bridgehead atoms. The van der Waals surface area contributed by atoms with E-state index in [1.807, 2.05) is 6.92 Å². The number of carbonyl (C=O) groups is 3. The van der Waals surface area contributed by atoms with Gasteiger partial charge in [-0.25, -0.2) is 4.79 Å². The molecule has 276 valence electrons. The summed E-state index contributed by atoms with van der Waals surface area (Å²) in [4.78, 5) is 110. The number of aromatic nitrogens is 1. The molecule has 0 radical (unpaired) electrons. The summed E-state index contributed by atoms with van der Waals surface area (Å²) in [6.45, 7) is 5.45. The molecule has 1 fully saturated rings. The second-order valence-electron chi connectivity index (χ2n) is 13.7. The average molecular weight is 736 g/mol. The second kappa shape index (κ2) is 12.5. The highest BCUT2D eigenvalue weighted by Crippen LogP contribution is 2.43. The normalized spacial score (nSPS) is 16.8. The molecule has 15 heteroatoms. The van der Waals surface area contributed by atoms with Crippen molar-refractivity contribution in [2.75, 3.05) is 13.7 Å². The maximum Gasteiger partial charge on any atom is 0.328 e. The van der Waals surface area contributed by atoms with Crippen LogP contribution in [0, 0.1) is 6.92 Å². The highest BCUT2D eigenvalue weighted by Gasteiger charge is 2.38. The molecule has 1 aromatic heterocycles. The summed E-state index contributed by atoms with van der Waals surface area (Å²) in [6, 6.07) is 4.24. The number of aromatic hydroxyl groups is 2. The van der Waals surface area contributed by atoms with Crippen molar-refractivity contribution >= 4 is 71.6 Å². The van der Waals surface area contributed by atoms with Crippen LogP contribution in [0.15, 0.2) is 54.3 Å². The molecule has 1 aliphatic rings. The average Bonchev–Trinajstić information content (AvgIpc) is 3.14. The first-order valence-electron chi connectivity index (χ1n) is 17.1. The van der Waals surface area contributed by atoms with Gasteiger partial charge in [-0.2, -0.15) is 0 Å². The van der Waals surface area contributed by atoms with Gasteiger partial charge in [-0.15, -0.1) is 0 Å². The van der Waals surface area contributed by atoms with Crippen molar-refractivity contribution in [1.29, 1.82) is 0 Å². The number of benzene rings is 5. The van der Waals surface area contributed by atoms with Gasteiger partial charge >= 0.3 is 5.97 Å². The quantitative estimate of drug-likeness (QED) is 0.142. The molecular weight excluding hydrogens is 702 g/mol. The number of hydrogen-bond donors (Lipinski definition) is 4. The van der Waals surface area contributed by atoms with Crippen molar-refractivity contribution in [3.8, 4) is 17.2 Å². The van der Waals surface area contributed by atoms with Crippen LogP contribution in [0.2, 0.25) is 0 Å². The maximum atomic E-state index is 14.6. The lowest BCUT2D eigenvalue weighted by atomic mass is 9.90. The summed E-state index contributed by atoms with van der Waals surface area (Å²) in [5.41, 5.74) is -3.85. The number of aryl methyl sites for hydroxylation is 1. The van der Waals surface area contributed by atoms with E-state index in [0.29, 0.717) is 12.0 Å². The summed E-state index contributed by atoms with van der Waals surface area (Å²) < 4.78 is 6.65. The third-order valence-electron chi connectivity index (χ3n) is 10.8. The van der Waals surface area contributed by atoms with Crippen LogP contribution in [0.25, 0.3) is 53.9 Å². The van der Waals surface area contributed by atoms with Crippen molar-refractivity contribution in [3.05, 3.63) is 92.8 Å². The van der Waals surface area contributed by atoms with Crippen molar-refractivity contribution in [1.82, 2.24) is 14.8 Å². The van der Waals surface area contributed by atoms with E-state index < -0.39 is 97.3 Å². The third-order valence-corrected chi connectivity index (χ3v) is 10.8. The lowest BCUT2D eigenvalue weighted by Crippen LogP contribution is -2.63. The fraction of sp³-hybridized carbons (Fsp3) is 0.282. The van der Waals surface area contributed by atoms with E-state index in [9.17, 15) is 53.7 Å². The van der Waals surface area contributed by atoms with E-state index in [4.69, 9.17) is 4.74 Å². The first kappa shape index (κ1) is 35.7. The second-order valence-corrected chi connectivity index (χ2v) is 13.7. The molecule has 15 nitrogen and oxygen atoms in total. The van der Waals surface area contributed by atoms with Gasteiger partial charge in [-0.3, -0.25) is 33.6 Å². The Labute approximate surface area is 302 Å². The van der Waals surface area contributed by atoms with Gasteiger partial charge in [0.1, 0.15) is 35.9 Å². The number of rotatable bonds is 6. The molecule has 54 heavy (non-hydrogen) atoms. The Balaban J connectivity index is 1.59. The number of pyridine rings is 1. The number of ether oxygens (including phenoxy) is 1. The molecule has 6 aromatic rings. The molecule has 3 atom stereocenters. The summed E-state index contributed by atoms with van der Waals surface area (Å²) in [6.07, 6.45) is 0.448. The Morgan fingerprint density at radius 3 is 2.15 bits per heavy atom. The zero-order chi connectivity index (χ0) is 39.2. The van der Waals surface area contributed by atoms with E-state index in [-0.39, 0.29) is 55.7 Å². The van der Waals surface area contributed by atoms with Crippen LogP contribution in [-0.4, -0.2) is 68.3 Å². The lowest BCUT2D eigenvalue weighted by Gasteiger charge is -2.36. The first-order chi connectivity index (χ1) is 25.5. The molecule has 0 aliphatic carbocycles. The molecule has 5 aromatic carbocycles. The van der Waals surface area contributed by atoms with Crippen LogP contribution in [0.5, 0.6) is 17.2 Å². The van der Waals surface area contributed by atoms with Gasteiger partial charge in [0.05, 0.1) is 35.2 Å². The number of piperazine rings is 1. The molecular formula is C39H33N3O12. The standard InChI is InChI=1S/C39H33N3O12/c1-6-14(2)21-11-19-27(38(51)42(21)13-23(44)41-12-20(39(52)53)40-37(50)16(41)4)33(47)25-17(31(19)45)8-9-18-26(25)34(48)29-30(36(18)54-5)32(46)24-15(3)7-10-22(43)28(24)35(29)49/h7-11,14,16,20,43,48H,6,12-13H2,1-5H3,(H,40,50)(H,52,53). The van der Waals surface area contributed by atoms with E-state index >= 15 is 0 Å². The molecule has 0 spiro atoms. The SMILES string of the molecule is CCC(C)c1cc2c(=O)c3ccc4c(OC)c5c(=O)c6c(C)ccc(O)c6c(=O)c5c(O)c4c3c(=O)c2c(=O)n1CC(=O)N1CC(C(=O)O)NC(=O)C1C. The molecule has 3 unspecified atom stereocenters. The fourth-order valence-electron chi connectivity index (χ4n) is 7.71. The van der Waals surface area contributed by atoms with Crippen LogP contribution in [0.4, 0.5) is 0 Å². The Morgan fingerprint density at radius 1 is 0.852 bits per heavy atom. The number of carboxylic acids is 1. The topological polar surface area (TPSA) is 227 Å². The number of phenols is 2. The number of amides is 2. The zero-order valence-electron chi connectivity index (χ0n) is 29.7. The van der Waals surface area contributed by atoms with E-state index in [2.05, 4.69) is 5.32 Å². The minimum Gasteiger partial charge on any atom is -0.507 e. The van der Waals surface area contributed by atoms with E-state index in [1.54, 1.807) is 13.8 Å². The zero-order valence-corrected chi connectivity index (χ0v) is 29.7. The van der Waals surface area contributed by atoms with Crippen molar-refractivity contribution < 1.29 is 34.4 Å². The predicted molar refractivity (Wildman–Crippen MR) is 200 cm³/mol. The lowest BCUT2D eigenvalue weighted by molar-refractivity contribution is -0.151. The maximum absolute atomic E-state index is 14.6. The third kappa shape index (κ3) is 4.87. The number of nitrogens with one attached hydrogen (secondary N) is 1. The van der Waals surface area contributed by atoms with Gasteiger partial charge in [0.15, 0.2) is 10.9 Å². The molecule has 2 heterocycles. The molecule has 7 rings (SSSR count). The van der Waals surface area contributed by atoms with E-state index in [0.717, 1.165) is 9.47 Å². The number of phenolic OH excluding ortho intramolecular Hbond substituents is 2. The van der Waals surface area contributed by atoms with Crippen molar-refractivity contribution in [2.45, 2.75) is 58.7 Å². The number of methoxy groups -OCH3 is 1. The summed E-state index contributed by atoms with van der Waals surface area (Å²) >= 11 is 0. The molecule has 4 N–H and O–H groups in total. The number of nitrogens with zero attached hydrogens (tertiary/aromatic N) is 2. The van der Waals surface area contributed by atoms with Gasteiger partial charge in [0.25, 0.3) is 5.56 Å². The van der Waals surface area contributed by atoms with Gasteiger partial charge in [-0.05, 0) is 56.0 Å². The number of hydrogen-bond acceptors (Lipinski definition) is 11. The van der Waals surface area contributed by atoms with Gasteiger partial charge in [0.2, 0.25) is 22.7 Å². The minimum absolute atomic E-state index is 0.0171. The van der Waals surface area contributed by atoms with Crippen molar-refractivity contribution in [2.24, 2.45) is 0 Å². The summed E-state index contributed by atoms with van der Waals surface area (Å²) in [5.74, 6) is -4.82. The Bertz CT molecular complexity index is 3000. The monoisotopic (exact) mass is 735 g/mol. The van der Waals surface area contributed by atoms with Crippen LogP contribution >= 0.6 is 0 Å². The van der Waals surface area contributed by atoms with Crippen LogP contribution in [0.3, 0.4) is 0 Å². The smallest absolute Gasteiger partial charge is 0.328 e. The Morgan fingerprint density at radius 2 is 1.50 bits per heavy atom. The first-order valence-corrected chi connectivity index (χ1v) is 17.1. The number of carbonyl (C=O) groups excluding carboxylic acids is 2. The molecule has 1 saturated heterocycles. The van der Waals surface area contributed by atoms with Crippen LogP contribution in [0.1, 0.15) is 44.4 Å². The molecule has 0 saturated carbocycles. The highest BCUT2D eigenvalue weighted by atomic mass is 16.5. The van der Waals surface area contributed by atoms with Gasteiger partial charge < -0.3 is 34.8 Å². The largest absolute Gasteiger partial charge is 0.507 e. The minimum atomic E-state index is -1.39. The van der Waals surface area contributed by atoms with E-state index in [1.165, 1.54) is 44.4 Å². The fourth-order valence-corrected chi connectivity index (χ4v) is 7.71. The van der Waals surface area contributed by atoms with Gasteiger partial charge in [-0.1, -0.05) is 19.9 Å². The van der Waals surface area contributed by atoms with Crippen LogP contribution < -0.4 is 37.3 Å². The van der Waals surface area contributed by atoms with Gasteiger partial charge in [0, 0.05) is 38.0 Å². The highest BCUT2D eigenvalue weighted by molar-refractivity contribution is 6.23. The molecule has 2 amide bonds.